The number of hydrogen-bond acceptors (Lipinski definition) is 4. The van der Waals surface area contributed by atoms with E-state index in [9.17, 15) is 9.59 Å². The highest BCUT2D eigenvalue weighted by Gasteiger charge is 2.22. The van der Waals surface area contributed by atoms with Gasteiger partial charge in [0.05, 0.1) is 11.6 Å². The fraction of sp³-hybridized carbons (Fsp3) is 0.300. The predicted molar refractivity (Wildman–Crippen MR) is 103 cm³/mol. The lowest BCUT2D eigenvalue weighted by atomic mass is 10.1. The van der Waals surface area contributed by atoms with Crippen molar-refractivity contribution in [1.82, 2.24) is 20.5 Å². The minimum absolute atomic E-state index is 0.152. The van der Waals surface area contributed by atoms with Gasteiger partial charge in [-0.15, -0.1) is 0 Å². The van der Waals surface area contributed by atoms with Crippen LogP contribution in [0.2, 0.25) is 0 Å². The molecule has 7 heteroatoms. The third kappa shape index (κ3) is 3.28. The summed E-state index contributed by atoms with van der Waals surface area (Å²) >= 11 is 0. The SMILES string of the molecule is Cc1[nH]nc2ncc(C(=O)NC(C)c3cccc(N4CCCC4=O)c3)cc12. The Labute approximate surface area is 156 Å². The van der Waals surface area contributed by atoms with E-state index in [0.29, 0.717) is 17.6 Å². The topological polar surface area (TPSA) is 91.0 Å². The fourth-order valence-electron chi connectivity index (χ4n) is 3.39. The number of benzene rings is 1. The predicted octanol–water partition coefficient (Wildman–Crippen LogP) is 2.88. The molecular formula is C20H21N5O2. The summed E-state index contributed by atoms with van der Waals surface area (Å²) in [5.74, 6) is -0.0427. The van der Waals surface area contributed by atoms with Crippen LogP contribution in [0.25, 0.3) is 11.0 Å². The molecule has 0 saturated carbocycles. The molecule has 3 aromatic rings. The van der Waals surface area contributed by atoms with E-state index >= 15 is 0 Å². The molecule has 0 bridgehead atoms. The Hall–Kier alpha value is -3.22. The number of aryl methyl sites for hydroxylation is 1. The molecule has 27 heavy (non-hydrogen) atoms. The van der Waals surface area contributed by atoms with Gasteiger partial charge in [-0.05, 0) is 44.0 Å². The van der Waals surface area contributed by atoms with E-state index in [1.807, 2.05) is 38.1 Å². The second kappa shape index (κ2) is 6.83. The summed E-state index contributed by atoms with van der Waals surface area (Å²) in [5.41, 5.74) is 3.80. The van der Waals surface area contributed by atoms with E-state index in [1.54, 1.807) is 11.0 Å². The van der Waals surface area contributed by atoms with E-state index in [-0.39, 0.29) is 17.9 Å². The molecule has 2 amide bonds. The molecule has 0 spiro atoms. The number of aromatic amines is 1. The largest absolute Gasteiger partial charge is 0.345 e. The average molecular weight is 363 g/mol. The number of H-pyrrole nitrogens is 1. The second-order valence-corrected chi connectivity index (χ2v) is 6.88. The highest BCUT2D eigenvalue weighted by Crippen LogP contribution is 2.25. The van der Waals surface area contributed by atoms with Gasteiger partial charge < -0.3 is 10.2 Å². The number of rotatable bonds is 4. The van der Waals surface area contributed by atoms with Crippen molar-refractivity contribution in [3.8, 4) is 0 Å². The quantitative estimate of drug-likeness (QED) is 0.746. The zero-order chi connectivity index (χ0) is 19.0. The van der Waals surface area contributed by atoms with Crippen LogP contribution in [-0.4, -0.2) is 33.5 Å². The fourth-order valence-corrected chi connectivity index (χ4v) is 3.39. The van der Waals surface area contributed by atoms with Crippen molar-refractivity contribution in [3.63, 3.8) is 0 Å². The summed E-state index contributed by atoms with van der Waals surface area (Å²) in [6.45, 7) is 4.57. The van der Waals surface area contributed by atoms with Gasteiger partial charge in [0.25, 0.3) is 5.91 Å². The van der Waals surface area contributed by atoms with Crippen molar-refractivity contribution in [2.24, 2.45) is 0 Å². The van der Waals surface area contributed by atoms with Gasteiger partial charge in [0.15, 0.2) is 5.65 Å². The Morgan fingerprint density at radius 3 is 2.96 bits per heavy atom. The minimum Gasteiger partial charge on any atom is -0.345 e. The van der Waals surface area contributed by atoms with Gasteiger partial charge >= 0.3 is 0 Å². The van der Waals surface area contributed by atoms with Crippen LogP contribution in [0.5, 0.6) is 0 Å². The first-order chi connectivity index (χ1) is 13.0. The molecule has 2 aromatic heterocycles. The number of nitrogens with zero attached hydrogens (tertiary/aromatic N) is 3. The summed E-state index contributed by atoms with van der Waals surface area (Å²) in [4.78, 5) is 30.7. The number of carbonyl (C=O) groups excluding carboxylic acids is 2. The van der Waals surface area contributed by atoms with Crippen molar-refractivity contribution >= 4 is 28.5 Å². The Bertz CT molecular complexity index is 1030. The zero-order valence-electron chi connectivity index (χ0n) is 15.3. The first-order valence-corrected chi connectivity index (χ1v) is 9.05. The summed E-state index contributed by atoms with van der Waals surface area (Å²) in [7, 11) is 0. The van der Waals surface area contributed by atoms with Crippen LogP contribution in [0.4, 0.5) is 5.69 Å². The number of amides is 2. The van der Waals surface area contributed by atoms with Gasteiger partial charge in [0.2, 0.25) is 5.91 Å². The second-order valence-electron chi connectivity index (χ2n) is 6.88. The summed E-state index contributed by atoms with van der Waals surface area (Å²) in [6.07, 6.45) is 3.02. The van der Waals surface area contributed by atoms with Crippen molar-refractivity contribution in [2.75, 3.05) is 11.4 Å². The number of carbonyl (C=O) groups is 2. The van der Waals surface area contributed by atoms with Crippen LogP contribution in [-0.2, 0) is 4.79 Å². The number of hydrogen-bond donors (Lipinski definition) is 2. The van der Waals surface area contributed by atoms with Gasteiger partial charge in [-0.2, -0.15) is 5.10 Å². The van der Waals surface area contributed by atoms with Crippen LogP contribution in [0.15, 0.2) is 36.5 Å². The first-order valence-electron chi connectivity index (χ1n) is 9.05. The third-order valence-corrected chi connectivity index (χ3v) is 4.97. The molecule has 7 nitrogen and oxygen atoms in total. The number of nitrogens with one attached hydrogen (secondary N) is 2. The monoisotopic (exact) mass is 363 g/mol. The molecule has 2 N–H and O–H groups in total. The van der Waals surface area contributed by atoms with Gasteiger partial charge in [0.1, 0.15) is 0 Å². The summed E-state index contributed by atoms with van der Waals surface area (Å²) in [6, 6.07) is 9.37. The average Bonchev–Trinajstić information content (AvgIpc) is 3.27. The number of aromatic nitrogens is 3. The molecule has 1 atom stereocenters. The molecule has 4 rings (SSSR count). The summed E-state index contributed by atoms with van der Waals surface area (Å²) in [5, 5.41) is 10.8. The molecule has 3 heterocycles. The van der Waals surface area contributed by atoms with Crippen molar-refractivity contribution in [1.29, 1.82) is 0 Å². The Balaban J connectivity index is 1.52. The lowest BCUT2D eigenvalue weighted by molar-refractivity contribution is -0.117. The smallest absolute Gasteiger partial charge is 0.253 e. The lowest BCUT2D eigenvalue weighted by Gasteiger charge is -2.19. The van der Waals surface area contributed by atoms with Crippen molar-refractivity contribution in [3.05, 3.63) is 53.3 Å². The van der Waals surface area contributed by atoms with Crippen LogP contribution in [0.1, 0.15) is 47.4 Å². The van der Waals surface area contributed by atoms with Crippen LogP contribution in [0.3, 0.4) is 0 Å². The van der Waals surface area contributed by atoms with Crippen molar-refractivity contribution < 1.29 is 9.59 Å². The van der Waals surface area contributed by atoms with Crippen LogP contribution < -0.4 is 10.2 Å². The lowest BCUT2D eigenvalue weighted by Crippen LogP contribution is -2.27. The number of anilines is 1. The highest BCUT2D eigenvalue weighted by molar-refractivity contribution is 5.97. The molecule has 1 saturated heterocycles. The maximum atomic E-state index is 12.7. The molecular weight excluding hydrogens is 342 g/mol. The molecule has 138 valence electrons. The Kier molecular flexibility index (Phi) is 4.35. The normalized spacial score (nSPS) is 15.3. The van der Waals surface area contributed by atoms with E-state index in [0.717, 1.165) is 35.3 Å². The maximum absolute atomic E-state index is 12.7. The van der Waals surface area contributed by atoms with Gasteiger partial charge in [-0.25, -0.2) is 4.98 Å². The van der Waals surface area contributed by atoms with E-state index in [4.69, 9.17) is 0 Å². The molecule has 0 aliphatic carbocycles. The number of pyridine rings is 1. The van der Waals surface area contributed by atoms with E-state index < -0.39 is 0 Å². The minimum atomic E-state index is -0.198. The highest BCUT2D eigenvalue weighted by atomic mass is 16.2. The summed E-state index contributed by atoms with van der Waals surface area (Å²) < 4.78 is 0. The van der Waals surface area contributed by atoms with Gasteiger partial charge in [0, 0.05) is 35.9 Å². The first kappa shape index (κ1) is 17.2. The Morgan fingerprint density at radius 1 is 1.33 bits per heavy atom. The molecule has 1 aromatic carbocycles. The van der Waals surface area contributed by atoms with Gasteiger partial charge in [-0.1, -0.05) is 12.1 Å². The van der Waals surface area contributed by atoms with E-state index in [1.165, 1.54) is 6.20 Å². The van der Waals surface area contributed by atoms with Gasteiger partial charge in [-0.3, -0.25) is 14.7 Å². The number of fused-ring (bicyclic) bond motifs is 1. The third-order valence-electron chi connectivity index (χ3n) is 4.97. The van der Waals surface area contributed by atoms with E-state index in [2.05, 4.69) is 20.5 Å². The molecule has 1 unspecified atom stereocenters. The Morgan fingerprint density at radius 2 is 2.19 bits per heavy atom. The maximum Gasteiger partial charge on any atom is 0.253 e. The zero-order valence-corrected chi connectivity index (χ0v) is 15.3. The van der Waals surface area contributed by atoms with Crippen LogP contribution >= 0.6 is 0 Å². The van der Waals surface area contributed by atoms with Crippen LogP contribution in [0, 0.1) is 6.92 Å². The molecule has 1 aliphatic rings. The molecule has 0 radical (unpaired) electrons. The molecule has 1 aliphatic heterocycles. The standard InChI is InChI=1S/C20H21N5O2/c1-12(14-5-3-6-16(9-14)25-8-4-7-18(25)26)22-20(27)15-10-17-13(2)23-24-19(17)21-11-15/h3,5-6,9-12H,4,7-8H2,1-2H3,(H,22,27)(H,21,23,24). The molecule has 1 fully saturated rings. The van der Waals surface area contributed by atoms with Crippen molar-refractivity contribution in [2.45, 2.75) is 32.7 Å².